The molecule has 0 spiro atoms. The predicted molar refractivity (Wildman–Crippen MR) is 148 cm³/mol. The van der Waals surface area contributed by atoms with Crippen LogP contribution in [0.2, 0.25) is 0 Å². The number of nitrogens with one attached hydrogen (secondary N) is 5. The number of imidazole rings is 1. The minimum atomic E-state index is -1.29. The van der Waals surface area contributed by atoms with Crippen LogP contribution in [0.25, 0.3) is 10.9 Å². The fourth-order valence-corrected chi connectivity index (χ4v) is 4.25. The number of fused-ring (bicyclic) bond motifs is 1. The first-order valence-electron chi connectivity index (χ1n) is 12.4. The molecule has 214 valence electrons. The maximum absolute atomic E-state index is 13.3. The Balaban J connectivity index is 1.72. The van der Waals surface area contributed by atoms with Crippen molar-refractivity contribution in [2.24, 2.45) is 11.5 Å². The summed E-state index contributed by atoms with van der Waals surface area (Å²) in [6.45, 7) is 0. The van der Waals surface area contributed by atoms with E-state index < -0.39 is 53.8 Å². The first kappa shape index (κ1) is 30.2. The molecule has 0 aliphatic carbocycles. The maximum atomic E-state index is 13.3. The number of aliphatic carboxylic acids is 1. The molecule has 4 atom stereocenters. The number of carboxylic acid groups (broad SMARTS) is 1. The summed E-state index contributed by atoms with van der Waals surface area (Å²) in [6.07, 6.45) is 4.37. The molecule has 0 fully saturated rings. The summed E-state index contributed by atoms with van der Waals surface area (Å²) in [6, 6.07) is 2.58. The number of carbonyl (C=O) groups is 5. The van der Waals surface area contributed by atoms with E-state index in [1.807, 2.05) is 24.3 Å². The van der Waals surface area contributed by atoms with Crippen LogP contribution in [-0.2, 0) is 36.8 Å². The summed E-state index contributed by atoms with van der Waals surface area (Å²) in [5, 5.41) is 18.2. The van der Waals surface area contributed by atoms with Gasteiger partial charge >= 0.3 is 5.97 Å². The minimum absolute atomic E-state index is 0.00563. The normalized spacial score (nSPS) is 14.1. The van der Waals surface area contributed by atoms with E-state index in [0.717, 1.165) is 10.9 Å². The van der Waals surface area contributed by atoms with Crippen LogP contribution in [0, 0.1) is 0 Å². The van der Waals surface area contributed by atoms with E-state index in [-0.39, 0.29) is 31.4 Å². The fraction of sp³-hybridized carbons (Fsp3) is 0.360. The van der Waals surface area contributed by atoms with Crippen molar-refractivity contribution in [2.75, 3.05) is 5.75 Å². The molecule has 14 nitrogen and oxygen atoms in total. The molecule has 1 aromatic carbocycles. The quantitative estimate of drug-likeness (QED) is 0.0993. The van der Waals surface area contributed by atoms with E-state index in [0.29, 0.717) is 11.3 Å². The van der Waals surface area contributed by atoms with E-state index in [4.69, 9.17) is 11.5 Å². The Morgan fingerprint density at radius 3 is 2.27 bits per heavy atom. The van der Waals surface area contributed by atoms with Gasteiger partial charge in [0.2, 0.25) is 23.6 Å². The lowest BCUT2D eigenvalue weighted by Crippen LogP contribution is -2.58. The fourth-order valence-electron chi connectivity index (χ4n) is 3.99. The van der Waals surface area contributed by atoms with Gasteiger partial charge in [-0.2, -0.15) is 12.6 Å². The number of thiol groups is 1. The van der Waals surface area contributed by atoms with Crippen LogP contribution < -0.4 is 27.4 Å². The molecule has 0 radical (unpaired) electrons. The van der Waals surface area contributed by atoms with E-state index in [1.54, 1.807) is 6.20 Å². The highest BCUT2D eigenvalue weighted by molar-refractivity contribution is 7.80. The molecular formula is C25H32N8O6S. The molecule has 0 aliphatic heterocycles. The molecule has 4 amide bonds. The molecule has 10 N–H and O–H groups in total. The summed E-state index contributed by atoms with van der Waals surface area (Å²) >= 11 is 4.12. The van der Waals surface area contributed by atoms with Crippen molar-refractivity contribution in [3.8, 4) is 0 Å². The number of hydrogen-bond donors (Lipinski definition) is 9. The number of carboxylic acids is 1. The lowest BCUT2D eigenvalue weighted by Gasteiger charge is -2.24. The number of carbonyl (C=O) groups excluding carboxylic acids is 4. The third-order valence-corrected chi connectivity index (χ3v) is 6.54. The lowest BCUT2D eigenvalue weighted by atomic mass is 10.0. The molecule has 3 aromatic rings. The van der Waals surface area contributed by atoms with Crippen LogP contribution in [-0.4, -0.2) is 79.6 Å². The Bertz CT molecular complexity index is 1340. The van der Waals surface area contributed by atoms with Crippen molar-refractivity contribution >= 4 is 53.1 Å². The van der Waals surface area contributed by atoms with Gasteiger partial charge in [0.05, 0.1) is 12.4 Å². The van der Waals surface area contributed by atoms with Gasteiger partial charge in [-0.3, -0.25) is 19.2 Å². The molecule has 2 aromatic heterocycles. The van der Waals surface area contributed by atoms with Gasteiger partial charge in [-0.25, -0.2) is 9.78 Å². The van der Waals surface area contributed by atoms with Crippen molar-refractivity contribution in [1.82, 2.24) is 30.9 Å². The van der Waals surface area contributed by atoms with Gasteiger partial charge < -0.3 is 42.5 Å². The van der Waals surface area contributed by atoms with Crippen LogP contribution >= 0.6 is 12.6 Å². The van der Waals surface area contributed by atoms with Gasteiger partial charge in [0.15, 0.2) is 0 Å². The third-order valence-electron chi connectivity index (χ3n) is 6.18. The van der Waals surface area contributed by atoms with Gasteiger partial charge in [-0.1, -0.05) is 18.2 Å². The number of aromatic nitrogens is 3. The zero-order valence-corrected chi connectivity index (χ0v) is 22.3. The van der Waals surface area contributed by atoms with Crippen LogP contribution in [0.4, 0.5) is 0 Å². The van der Waals surface area contributed by atoms with Gasteiger partial charge in [0.1, 0.15) is 18.1 Å². The molecule has 0 bridgehead atoms. The molecule has 15 heteroatoms. The molecule has 40 heavy (non-hydrogen) atoms. The second-order valence-electron chi connectivity index (χ2n) is 9.16. The third kappa shape index (κ3) is 8.31. The van der Waals surface area contributed by atoms with Crippen molar-refractivity contribution in [3.63, 3.8) is 0 Å². The summed E-state index contributed by atoms with van der Waals surface area (Å²) in [7, 11) is 0. The average Bonchev–Trinajstić information content (AvgIpc) is 3.59. The summed E-state index contributed by atoms with van der Waals surface area (Å²) in [4.78, 5) is 71.6. The number of primary amides is 1. The van der Waals surface area contributed by atoms with Gasteiger partial charge in [0, 0.05) is 54.0 Å². The highest BCUT2D eigenvalue weighted by atomic mass is 32.1. The zero-order chi connectivity index (χ0) is 29.2. The molecule has 2 heterocycles. The Labute approximate surface area is 234 Å². The number of aromatic amines is 2. The van der Waals surface area contributed by atoms with E-state index in [9.17, 15) is 29.1 Å². The molecule has 3 rings (SSSR count). The number of para-hydroxylation sites is 1. The van der Waals surface area contributed by atoms with Crippen molar-refractivity contribution in [3.05, 3.63) is 54.2 Å². The standard InChI is InChI=1S/C25H32N8O6S/c26-16(5-6-21(27)34)22(35)33-20(11-40)24(37)31-18(8-14-10-28-12-30-14)23(36)32-19(25(38)39)7-13-9-29-17-4-2-1-3-15(13)17/h1-4,9-10,12,16,18-20,29,40H,5-8,11,26H2,(H2,27,34)(H,28,30)(H,31,37)(H,32,36)(H,33,35)(H,38,39). The predicted octanol–water partition coefficient (Wildman–Crippen LogP) is -1.26. The monoisotopic (exact) mass is 572 g/mol. The summed E-state index contributed by atoms with van der Waals surface area (Å²) in [5.74, 6) is -4.20. The van der Waals surface area contributed by atoms with Crippen molar-refractivity contribution in [1.29, 1.82) is 0 Å². The van der Waals surface area contributed by atoms with Crippen LogP contribution in [0.5, 0.6) is 0 Å². The SMILES string of the molecule is NC(=O)CCC(N)C(=O)NC(CS)C(=O)NC(Cc1cnc[nH]1)C(=O)NC(Cc1c[nH]c2ccccc12)C(=O)O. The Morgan fingerprint density at radius 1 is 0.950 bits per heavy atom. The Kier molecular flexibility index (Phi) is 10.7. The molecule has 0 saturated heterocycles. The molecular weight excluding hydrogens is 540 g/mol. The zero-order valence-electron chi connectivity index (χ0n) is 21.4. The average molecular weight is 573 g/mol. The lowest BCUT2D eigenvalue weighted by molar-refractivity contribution is -0.142. The smallest absolute Gasteiger partial charge is 0.326 e. The highest BCUT2D eigenvalue weighted by Gasteiger charge is 2.31. The molecule has 0 aliphatic rings. The number of rotatable bonds is 15. The number of amides is 4. The second kappa shape index (κ2) is 14.1. The van der Waals surface area contributed by atoms with Crippen LogP contribution in [0.3, 0.4) is 0 Å². The Morgan fingerprint density at radius 2 is 1.62 bits per heavy atom. The van der Waals surface area contributed by atoms with Crippen LogP contribution in [0.15, 0.2) is 43.0 Å². The topological polar surface area (TPSA) is 238 Å². The first-order chi connectivity index (χ1) is 19.1. The van der Waals surface area contributed by atoms with Crippen molar-refractivity contribution in [2.45, 2.75) is 49.9 Å². The summed E-state index contributed by atoms with van der Waals surface area (Å²) < 4.78 is 0. The number of H-pyrrole nitrogens is 2. The maximum Gasteiger partial charge on any atom is 0.326 e. The van der Waals surface area contributed by atoms with E-state index in [2.05, 4.69) is 43.5 Å². The van der Waals surface area contributed by atoms with E-state index in [1.165, 1.54) is 12.5 Å². The van der Waals surface area contributed by atoms with Gasteiger partial charge in [-0.05, 0) is 18.1 Å². The number of nitrogens with zero attached hydrogens (tertiary/aromatic N) is 1. The van der Waals surface area contributed by atoms with Crippen molar-refractivity contribution < 1.29 is 29.1 Å². The van der Waals surface area contributed by atoms with Crippen LogP contribution in [0.1, 0.15) is 24.1 Å². The largest absolute Gasteiger partial charge is 0.480 e. The van der Waals surface area contributed by atoms with E-state index >= 15 is 0 Å². The minimum Gasteiger partial charge on any atom is -0.480 e. The van der Waals surface area contributed by atoms with Gasteiger partial charge in [0.25, 0.3) is 0 Å². The number of benzene rings is 1. The number of hydrogen-bond acceptors (Lipinski definition) is 8. The summed E-state index contributed by atoms with van der Waals surface area (Å²) in [5.41, 5.74) is 12.9. The Hall–Kier alpha value is -4.37. The molecule has 4 unspecified atom stereocenters. The second-order valence-corrected chi connectivity index (χ2v) is 9.53. The number of nitrogens with two attached hydrogens (primary N) is 2. The molecule has 0 saturated carbocycles. The van der Waals surface area contributed by atoms with Gasteiger partial charge in [-0.15, -0.1) is 0 Å². The first-order valence-corrected chi connectivity index (χ1v) is 13.0. The highest BCUT2D eigenvalue weighted by Crippen LogP contribution is 2.19.